The number of fused-ring (bicyclic) bond motifs is 5. The van der Waals surface area contributed by atoms with Crippen molar-refractivity contribution in [3.05, 3.63) is 61.9 Å². The van der Waals surface area contributed by atoms with Crippen LogP contribution in [-0.2, 0) is 41.3 Å². The molecule has 438 valence electrons. The maximum atomic E-state index is 13.3. The van der Waals surface area contributed by atoms with E-state index in [1.807, 2.05) is 27.7 Å². The highest BCUT2D eigenvalue weighted by Crippen LogP contribution is 2.62. The number of unbranched alkanes of at least 4 members (excludes halogenated alkanes) is 3. The molecule has 2 heterocycles. The normalized spacial score (nSPS) is 25.0. The third-order valence-electron chi connectivity index (χ3n) is 16.1. The van der Waals surface area contributed by atoms with Crippen molar-refractivity contribution in [3.63, 3.8) is 0 Å². The zero-order valence-electron chi connectivity index (χ0n) is 44.9. The van der Waals surface area contributed by atoms with Crippen molar-refractivity contribution in [2.75, 3.05) is 73.1 Å². The third kappa shape index (κ3) is 15.7. The average Bonchev–Trinajstić information content (AvgIpc) is 3.94. The second-order valence-electron chi connectivity index (χ2n) is 21.9. The predicted molar refractivity (Wildman–Crippen MR) is 276 cm³/mol. The summed E-state index contributed by atoms with van der Waals surface area (Å²) in [4.78, 5) is 42.3. The number of nitrogens with zero attached hydrogens (tertiary/aromatic N) is 2. The lowest BCUT2D eigenvalue weighted by Gasteiger charge is -2.50. The van der Waals surface area contributed by atoms with Gasteiger partial charge in [0.2, 0.25) is 5.91 Å². The van der Waals surface area contributed by atoms with E-state index < -0.39 is 54.6 Å². The standard InChI is InChI=1S/C53H77F9N4O9S2/c1-48(2,77-76-29-10-8-7-9-23-63-44(67)19-13-35-32-66(47(69)64-46(35)68)45-31-41(71-6)42(75-45)33-70-5)22-24-65(4)25-28-72-36-14-16-37-34(30-36)12-15-39-38(37)20-21-49(3)40(39)17-18-43(49)73-26-11-27-74-50(51(54,55)56,52(57,58)59)53(60,61)62/h14,16,30,32,38-43,45H,7-13,15,17-29,31,33H2,1-6H3,(H,63,67)(H,64,68,69). The van der Waals surface area contributed by atoms with Crippen LogP contribution in [0, 0.1) is 17.3 Å². The predicted octanol–water partition coefficient (Wildman–Crippen LogP) is 10.7. The molecule has 3 fully saturated rings. The number of aromatic amines is 1. The molecular weight excluding hydrogens is 1070 g/mol. The maximum absolute atomic E-state index is 13.3. The van der Waals surface area contributed by atoms with E-state index in [1.165, 1.54) is 21.9 Å². The molecule has 0 bridgehead atoms. The number of rotatable bonds is 29. The van der Waals surface area contributed by atoms with E-state index in [-0.39, 0.29) is 59.7 Å². The number of carbonyl (C=O) groups excluding carboxylic acids is 1. The highest BCUT2D eigenvalue weighted by Gasteiger charge is 2.85. The van der Waals surface area contributed by atoms with Crippen molar-refractivity contribution in [1.82, 2.24) is 19.8 Å². The van der Waals surface area contributed by atoms with Crippen molar-refractivity contribution >= 4 is 27.5 Å². The van der Waals surface area contributed by atoms with Gasteiger partial charge in [0.05, 0.1) is 25.4 Å². The summed E-state index contributed by atoms with van der Waals surface area (Å²) in [6.45, 7) is 7.96. The number of alkyl halides is 9. The summed E-state index contributed by atoms with van der Waals surface area (Å²) in [5.41, 5.74) is -4.76. The molecular formula is C53H77F9N4O9S2. The topological polar surface area (TPSA) is 143 Å². The minimum absolute atomic E-state index is 0.0768. The Morgan fingerprint density at radius 3 is 2.35 bits per heavy atom. The molecule has 13 nitrogen and oxygen atoms in total. The molecule has 2 aromatic rings. The van der Waals surface area contributed by atoms with Crippen molar-refractivity contribution in [2.45, 2.75) is 176 Å². The van der Waals surface area contributed by atoms with E-state index in [1.54, 1.807) is 14.2 Å². The molecule has 0 radical (unpaired) electrons. The van der Waals surface area contributed by atoms with E-state index in [0.29, 0.717) is 50.0 Å². The number of aromatic nitrogens is 2. The van der Waals surface area contributed by atoms with Crippen LogP contribution in [0.4, 0.5) is 39.5 Å². The molecule has 2 saturated carbocycles. The van der Waals surface area contributed by atoms with Crippen LogP contribution in [0.15, 0.2) is 34.0 Å². The molecule has 1 aliphatic heterocycles. The molecule has 4 aliphatic rings. The summed E-state index contributed by atoms with van der Waals surface area (Å²) in [6.07, 6.45) is -10.2. The van der Waals surface area contributed by atoms with Gasteiger partial charge in [0.1, 0.15) is 24.7 Å². The highest BCUT2D eigenvalue weighted by molar-refractivity contribution is 8.77. The highest BCUT2D eigenvalue weighted by atomic mass is 33.1. The van der Waals surface area contributed by atoms with Crippen molar-refractivity contribution in [1.29, 1.82) is 0 Å². The SMILES string of the molecule is COCC1OC(n2cc(CCC(=O)NCCCCCCSSC(C)(C)CCN(C)CCOc3ccc4c(c3)CCC3C4CCC4(C)C(OCCCOC(C(F)(F)F)(C(F)(F)F)C(F)(F)F)CCC34)c(=O)[nH]c2=O)CC1OC. The van der Waals surface area contributed by atoms with Gasteiger partial charge in [-0.05, 0) is 144 Å². The van der Waals surface area contributed by atoms with Gasteiger partial charge in [-0.3, -0.25) is 19.1 Å². The number of hydrogen-bond acceptors (Lipinski definition) is 12. The number of nitrogens with one attached hydrogen (secondary N) is 2. The summed E-state index contributed by atoms with van der Waals surface area (Å²) in [5.74, 6) is 2.68. The van der Waals surface area contributed by atoms with Crippen molar-refractivity contribution in [3.8, 4) is 5.75 Å². The maximum Gasteiger partial charge on any atom is 0.435 e. The van der Waals surface area contributed by atoms with Crippen molar-refractivity contribution < 1.29 is 72.7 Å². The second-order valence-corrected chi connectivity index (χ2v) is 25.0. The lowest BCUT2D eigenvalue weighted by molar-refractivity contribution is -0.457. The Morgan fingerprint density at radius 2 is 1.65 bits per heavy atom. The van der Waals surface area contributed by atoms with Gasteiger partial charge in [0, 0.05) is 69.0 Å². The third-order valence-corrected chi connectivity index (χ3v) is 19.6. The first-order valence-corrected chi connectivity index (χ1v) is 29.1. The fourth-order valence-electron chi connectivity index (χ4n) is 11.8. The summed E-state index contributed by atoms with van der Waals surface area (Å²) in [7, 11) is 9.02. The van der Waals surface area contributed by atoms with E-state index in [4.69, 9.17) is 23.7 Å². The fraction of sp³-hybridized carbons (Fsp3) is 0.792. The first-order chi connectivity index (χ1) is 36.2. The monoisotopic (exact) mass is 1150 g/mol. The number of hydrogen-bond donors (Lipinski definition) is 2. The molecule has 8 atom stereocenters. The quantitative estimate of drug-likeness (QED) is 0.0455. The lowest BCUT2D eigenvalue weighted by atomic mass is 9.55. The number of amides is 1. The number of halogens is 9. The Labute approximate surface area is 452 Å². The zero-order valence-corrected chi connectivity index (χ0v) is 46.5. The van der Waals surface area contributed by atoms with Crippen LogP contribution < -0.4 is 21.3 Å². The Balaban J connectivity index is 0.812. The Hall–Kier alpha value is -3.00. The van der Waals surface area contributed by atoms with Crippen LogP contribution in [0.5, 0.6) is 5.75 Å². The van der Waals surface area contributed by atoms with Gasteiger partial charge in [-0.1, -0.05) is 47.4 Å². The Kier molecular flexibility index (Phi) is 22.3. The van der Waals surface area contributed by atoms with Gasteiger partial charge in [0.25, 0.3) is 5.56 Å². The van der Waals surface area contributed by atoms with Gasteiger partial charge in [-0.25, -0.2) is 4.79 Å². The van der Waals surface area contributed by atoms with E-state index in [2.05, 4.69) is 59.9 Å². The van der Waals surface area contributed by atoms with E-state index in [9.17, 15) is 53.9 Å². The molecule has 1 aromatic carbocycles. The van der Waals surface area contributed by atoms with Gasteiger partial charge in [-0.15, -0.1) is 0 Å². The molecule has 1 amide bonds. The summed E-state index contributed by atoms with van der Waals surface area (Å²) in [5, 5.41) is 2.94. The number of carbonyl (C=O) groups is 1. The van der Waals surface area contributed by atoms with Crippen LogP contribution >= 0.6 is 21.6 Å². The summed E-state index contributed by atoms with van der Waals surface area (Å²) < 4.78 is 153. The first kappa shape index (κ1) is 63.2. The Bertz CT molecular complexity index is 2300. The van der Waals surface area contributed by atoms with Crippen LogP contribution in [0.25, 0.3) is 0 Å². The van der Waals surface area contributed by atoms with Gasteiger partial charge < -0.3 is 38.6 Å². The number of methoxy groups -OCH3 is 2. The van der Waals surface area contributed by atoms with Gasteiger partial charge in [-0.2, -0.15) is 39.5 Å². The van der Waals surface area contributed by atoms with Crippen LogP contribution in [0.3, 0.4) is 0 Å². The minimum atomic E-state index is -6.76. The molecule has 77 heavy (non-hydrogen) atoms. The largest absolute Gasteiger partial charge is 0.492 e. The molecule has 6 rings (SSSR count). The number of ether oxygens (including phenoxy) is 6. The fourth-order valence-corrected chi connectivity index (χ4v) is 14.5. The lowest BCUT2D eigenvalue weighted by Crippen LogP contribution is -2.67. The average molecular weight is 1150 g/mol. The van der Waals surface area contributed by atoms with Crippen LogP contribution in [0.1, 0.15) is 133 Å². The first-order valence-electron chi connectivity index (χ1n) is 26.7. The van der Waals surface area contributed by atoms with Gasteiger partial charge >= 0.3 is 29.8 Å². The van der Waals surface area contributed by atoms with Crippen LogP contribution in [0.2, 0.25) is 0 Å². The molecule has 1 aromatic heterocycles. The number of aryl methyl sites for hydroxylation is 2. The molecule has 0 spiro atoms. The number of benzene rings is 1. The summed E-state index contributed by atoms with van der Waals surface area (Å²) in [6, 6.07) is 6.35. The minimum Gasteiger partial charge on any atom is -0.492 e. The van der Waals surface area contributed by atoms with Crippen molar-refractivity contribution in [2.24, 2.45) is 17.3 Å². The smallest absolute Gasteiger partial charge is 0.435 e. The Morgan fingerprint density at radius 1 is 0.922 bits per heavy atom. The van der Waals surface area contributed by atoms with E-state index in [0.717, 1.165) is 88.8 Å². The molecule has 8 unspecified atom stereocenters. The molecule has 24 heteroatoms. The molecule has 1 saturated heterocycles. The summed E-state index contributed by atoms with van der Waals surface area (Å²) >= 11 is 0. The van der Waals surface area contributed by atoms with Crippen LogP contribution in [-0.4, -0.2) is 141 Å². The van der Waals surface area contributed by atoms with Gasteiger partial charge in [0.15, 0.2) is 0 Å². The van der Waals surface area contributed by atoms with E-state index >= 15 is 0 Å². The molecule has 3 aliphatic carbocycles. The zero-order chi connectivity index (χ0) is 56.4. The number of likely N-dealkylation sites (N-methyl/N-ethyl adjacent to an activating group) is 1. The second kappa shape index (κ2) is 27.2. The number of H-pyrrole nitrogens is 1. The molecule has 2 N–H and O–H groups in total.